The molecule has 2 aromatic carbocycles. The van der Waals surface area contributed by atoms with Crippen molar-refractivity contribution in [3.63, 3.8) is 0 Å². The summed E-state index contributed by atoms with van der Waals surface area (Å²) in [7, 11) is 0. The van der Waals surface area contributed by atoms with E-state index >= 15 is 0 Å². The number of amides is 2. The zero-order valence-corrected chi connectivity index (χ0v) is 10.4. The zero-order chi connectivity index (χ0) is 13.8. The summed E-state index contributed by atoms with van der Waals surface area (Å²) in [6.07, 6.45) is -1.22. The van der Waals surface area contributed by atoms with Crippen LogP contribution in [0.25, 0.3) is 10.8 Å². The molecule has 0 saturated carbocycles. The standard InChI is InChI=1S/C14H14N2O3/c1-9(15-14(18)19)13(17)16-12-8-4-6-10-5-2-3-7-11(10)12/h2-9,15H,1H3,(H,16,17)(H,18,19). The highest BCUT2D eigenvalue weighted by atomic mass is 16.4. The van der Waals surface area contributed by atoms with Gasteiger partial charge in [0.05, 0.1) is 0 Å². The van der Waals surface area contributed by atoms with Gasteiger partial charge in [0.15, 0.2) is 0 Å². The van der Waals surface area contributed by atoms with Crippen molar-refractivity contribution in [2.45, 2.75) is 13.0 Å². The van der Waals surface area contributed by atoms with E-state index in [4.69, 9.17) is 5.11 Å². The minimum atomic E-state index is -1.22. The highest BCUT2D eigenvalue weighted by Gasteiger charge is 2.15. The number of hydrogen-bond acceptors (Lipinski definition) is 2. The van der Waals surface area contributed by atoms with Gasteiger partial charge in [-0.2, -0.15) is 0 Å². The molecule has 0 aromatic heterocycles. The Bertz CT molecular complexity index is 620. The van der Waals surface area contributed by atoms with Crippen molar-refractivity contribution in [3.05, 3.63) is 42.5 Å². The van der Waals surface area contributed by atoms with Crippen LogP contribution in [0.1, 0.15) is 6.92 Å². The van der Waals surface area contributed by atoms with Crippen LogP contribution in [0.4, 0.5) is 10.5 Å². The number of benzene rings is 2. The second kappa shape index (κ2) is 5.39. The Morgan fingerprint density at radius 3 is 2.53 bits per heavy atom. The Morgan fingerprint density at radius 2 is 1.79 bits per heavy atom. The lowest BCUT2D eigenvalue weighted by Crippen LogP contribution is -2.40. The maximum Gasteiger partial charge on any atom is 0.405 e. The van der Waals surface area contributed by atoms with Gasteiger partial charge in [0.1, 0.15) is 6.04 Å². The van der Waals surface area contributed by atoms with Gasteiger partial charge in [-0.05, 0) is 18.4 Å². The van der Waals surface area contributed by atoms with E-state index in [2.05, 4.69) is 10.6 Å². The van der Waals surface area contributed by atoms with Gasteiger partial charge in [0, 0.05) is 11.1 Å². The summed E-state index contributed by atoms with van der Waals surface area (Å²) in [4.78, 5) is 22.3. The summed E-state index contributed by atoms with van der Waals surface area (Å²) in [5, 5.41) is 15.4. The Kier molecular flexibility index (Phi) is 3.66. The van der Waals surface area contributed by atoms with E-state index in [-0.39, 0.29) is 0 Å². The number of rotatable bonds is 3. The number of hydrogen-bond donors (Lipinski definition) is 3. The van der Waals surface area contributed by atoms with Crippen LogP contribution in [0.3, 0.4) is 0 Å². The number of carboxylic acid groups (broad SMARTS) is 1. The van der Waals surface area contributed by atoms with Crippen LogP contribution in [-0.4, -0.2) is 23.1 Å². The largest absolute Gasteiger partial charge is 0.465 e. The van der Waals surface area contributed by atoms with E-state index in [1.807, 2.05) is 36.4 Å². The van der Waals surface area contributed by atoms with Gasteiger partial charge in [-0.1, -0.05) is 36.4 Å². The fraction of sp³-hybridized carbons (Fsp3) is 0.143. The first-order valence-electron chi connectivity index (χ1n) is 5.86. The Morgan fingerprint density at radius 1 is 1.11 bits per heavy atom. The van der Waals surface area contributed by atoms with Crippen molar-refractivity contribution in [1.29, 1.82) is 0 Å². The monoisotopic (exact) mass is 258 g/mol. The normalized spacial score (nSPS) is 11.8. The minimum absolute atomic E-state index is 0.390. The molecule has 19 heavy (non-hydrogen) atoms. The highest BCUT2D eigenvalue weighted by molar-refractivity contribution is 6.04. The van der Waals surface area contributed by atoms with Crippen LogP contribution in [0.2, 0.25) is 0 Å². The molecule has 0 fully saturated rings. The lowest BCUT2D eigenvalue weighted by Gasteiger charge is -2.13. The first-order valence-corrected chi connectivity index (χ1v) is 5.86. The lowest BCUT2D eigenvalue weighted by atomic mass is 10.1. The van der Waals surface area contributed by atoms with E-state index in [0.29, 0.717) is 5.69 Å². The molecule has 5 nitrogen and oxygen atoms in total. The fourth-order valence-corrected chi connectivity index (χ4v) is 1.83. The topological polar surface area (TPSA) is 78.4 Å². The predicted octanol–water partition coefficient (Wildman–Crippen LogP) is 2.43. The lowest BCUT2D eigenvalue weighted by molar-refractivity contribution is -0.117. The maximum atomic E-state index is 11.9. The smallest absolute Gasteiger partial charge is 0.405 e. The molecule has 1 atom stereocenters. The summed E-state index contributed by atoms with van der Waals surface area (Å²) in [6.45, 7) is 1.49. The molecular weight excluding hydrogens is 244 g/mol. The molecule has 0 heterocycles. The molecule has 0 radical (unpaired) electrons. The second-order valence-electron chi connectivity index (χ2n) is 4.19. The molecule has 98 valence electrons. The molecule has 0 spiro atoms. The average molecular weight is 258 g/mol. The van der Waals surface area contributed by atoms with Crippen molar-refractivity contribution < 1.29 is 14.7 Å². The third-order valence-electron chi connectivity index (χ3n) is 2.78. The van der Waals surface area contributed by atoms with Crippen molar-refractivity contribution in [1.82, 2.24) is 5.32 Å². The highest BCUT2D eigenvalue weighted by Crippen LogP contribution is 2.22. The molecule has 2 aromatic rings. The molecule has 3 N–H and O–H groups in total. The molecule has 1 unspecified atom stereocenters. The van der Waals surface area contributed by atoms with Gasteiger partial charge >= 0.3 is 6.09 Å². The van der Waals surface area contributed by atoms with Crippen molar-refractivity contribution >= 4 is 28.5 Å². The molecule has 0 saturated heterocycles. The third kappa shape index (κ3) is 3.01. The quantitative estimate of drug-likeness (QED) is 0.791. The van der Waals surface area contributed by atoms with Gasteiger partial charge in [0.2, 0.25) is 5.91 Å². The predicted molar refractivity (Wildman–Crippen MR) is 73.2 cm³/mol. The molecule has 0 aliphatic heterocycles. The minimum Gasteiger partial charge on any atom is -0.465 e. The van der Waals surface area contributed by atoms with Crippen LogP contribution < -0.4 is 10.6 Å². The zero-order valence-electron chi connectivity index (χ0n) is 10.4. The first kappa shape index (κ1) is 12.9. The summed E-state index contributed by atoms with van der Waals surface area (Å²) >= 11 is 0. The number of carbonyl (C=O) groups is 2. The van der Waals surface area contributed by atoms with Crippen LogP contribution in [0, 0.1) is 0 Å². The molecule has 0 aliphatic carbocycles. The van der Waals surface area contributed by atoms with Crippen LogP contribution in [0.15, 0.2) is 42.5 Å². The Hall–Kier alpha value is -2.56. The van der Waals surface area contributed by atoms with Crippen molar-refractivity contribution in [2.24, 2.45) is 0 Å². The van der Waals surface area contributed by atoms with E-state index in [9.17, 15) is 9.59 Å². The van der Waals surface area contributed by atoms with Crippen LogP contribution >= 0.6 is 0 Å². The molecule has 0 bridgehead atoms. The molecular formula is C14H14N2O3. The summed E-state index contributed by atoms with van der Waals surface area (Å²) in [6, 6.07) is 12.4. The number of anilines is 1. The average Bonchev–Trinajstić information content (AvgIpc) is 2.38. The number of carbonyl (C=O) groups excluding carboxylic acids is 1. The van der Waals surface area contributed by atoms with Gasteiger partial charge < -0.3 is 15.7 Å². The third-order valence-corrected chi connectivity index (χ3v) is 2.78. The van der Waals surface area contributed by atoms with E-state index < -0.39 is 18.0 Å². The first-order chi connectivity index (χ1) is 9.08. The Labute approximate surface area is 110 Å². The van der Waals surface area contributed by atoms with E-state index in [0.717, 1.165) is 10.8 Å². The second-order valence-corrected chi connectivity index (χ2v) is 4.19. The van der Waals surface area contributed by atoms with Crippen LogP contribution in [0.5, 0.6) is 0 Å². The number of fused-ring (bicyclic) bond motifs is 1. The van der Waals surface area contributed by atoms with Crippen molar-refractivity contribution in [3.8, 4) is 0 Å². The van der Waals surface area contributed by atoms with Gasteiger partial charge in [0.25, 0.3) is 0 Å². The molecule has 2 rings (SSSR count). The molecule has 0 aliphatic rings. The van der Waals surface area contributed by atoms with E-state index in [1.54, 1.807) is 6.07 Å². The number of nitrogens with one attached hydrogen (secondary N) is 2. The summed E-state index contributed by atoms with van der Waals surface area (Å²) < 4.78 is 0. The molecule has 5 heteroatoms. The maximum absolute atomic E-state index is 11.9. The summed E-state index contributed by atoms with van der Waals surface area (Å²) in [5.74, 6) is -0.390. The van der Waals surface area contributed by atoms with Gasteiger partial charge in [-0.25, -0.2) is 4.79 Å². The van der Waals surface area contributed by atoms with Gasteiger partial charge in [-0.15, -0.1) is 0 Å². The SMILES string of the molecule is CC(NC(=O)O)C(=O)Nc1cccc2ccccc12. The van der Waals surface area contributed by atoms with Gasteiger partial charge in [-0.3, -0.25) is 4.79 Å². The van der Waals surface area contributed by atoms with Crippen molar-refractivity contribution in [2.75, 3.05) is 5.32 Å². The fourth-order valence-electron chi connectivity index (χ4n) is 1.83. The molecule has 2 amide bonds. The van der Waals surface area contributed by atoms with Crippen LogP contribution in [-0.2, 0) is 4.79 Å². The van der Waals surface area contributed by atoms with E-state index in [1.165, 1.54) is 6.92 Å². The summed E-state index contributed by atoms with van der Waals surface area (Å²) in [5.41, 5.74) is 0.669. The Balaban J connectivity index is 2.22.